The van der Waals surface area contributed by atoms with Crippen molar-refractivity contribution in [1.29, 1.82) is 0 Å². The minimum absolute atomic E-state index is 0.0751. The number of aliphatic hydroxyl groups is 1. The summed E-state index contributed by atoms with van der Waals surface area (Å²) in [6.07, 6.45) is 1.91. The fraction of sp³-hybridized carbons (Fsp3) is 0.571. The van der Waals surface area contributed by atoms with E-state index in [0.29, 0.717) is 30.9 Å². The summed E-state index contributed by atoms with van der Waals surface area (Å²) >= 11 is 0. The third-order valence-corrected chi connectivity index (χ3v) is 6.14. The summed E-state index contributed by atoms with van der Waals surface area (Å²) in [6, 6.07) is 5.11. The lowest BCUT2D eigenvalue weighted by atomic mass is 10.0. The first-order valence-electron chi connectivity index (χ1n) is 10.4. The van der Waals surface area contributed by atoms with Crippen molar-refractivity contribution in [3.8, 4) is 0 Å². The predicted molar refractivity (Wildman–Crippen MR) is 107 cm³/mol. The van der Waals surface area contributed by atoms with Gasteiger partial charge in [-0.1, -0.05) is 13.0 Å². The Labute approximate surface area is 170 Å². The molecule has 3 heterocycles. The minimum atomic E-state index is -1.04. The number of piperidine rings is 2. The number of benzene rings is 1. The van der Waals surface area contributed by atoms with E-state index in [-0.39, 0.29) is 24.3 Å². The molecule has 3 unspecified atom stereocenters. The molecular formula is C21H28N4O4. The van der Waals surface area contributed by atoms with Crippen LogP contribution >= 0.6 is 0 Å². The molecule has 0 radical (unpaired) electrons. The number of hydrogen-bond donors (Lipinski definition) is 3. The van der Waals surface area contributed by atoms with E-state index in [9.17, 15) is 19.5 Å². The quantitative estimate of drug-likeness (QED) is 0.697. The Hall–Kier alpha value is -2.61. The van der Waals surface area contributed by atoms with Gasteiger partial charge < -0.3 is 25.5 Å². The van der Waals surface area contributed by atoms with Crippen LogP contribution in [-0.4, -0.2) is 64.5 Å². The van der Waals surface area contributed by atoms with Crippen molar-refractivity contribution in [3.63, 3.8) is 0 Å². The van der Waals surface area contributed by atoms with E-state index in [0.717, 1.165) is 30.8 Å². The van der Waals surface area contributed by atoms with Gasteiger partial charge in [-0.15, -0.1) is 0 Å². The molecule has 0 aromatic heterocycles. The van der Waals surface area contributed by atoms with Crippen LogP contribution in [-0.2, 0) is 16.1 Å². The number of amides is 3. The zero-order chi connectivity index (χ0) is 20.5. The third-order valence-electron chi connectivity index (χ3n) is 6.14. The standard InChI is InChI=1S/C21H28N4O4/c1-13-3-2-8-24(11-13)19(27)10-22-15-5-4-14-12-25(21(29)16(14)9-15)17-6-7-18(26)23-20(17)28/h4-5,9,13,17,20,22,28H,2-3,6-8,10-12H2,1H3,(H,23,26). The highest BCUT2D eigenvalue weighted by Gasteiger charge is 2.39. The summed E-state index contributed by atoms with van der Waals surface area (Å²) in [5.41, 5.74) is 2.20. The highest BCUT2D eigenvalue weighted by molar-refractivity contribution is 5.99. The van der Waals surface area contributed by atoms with Crippen LogP contribution in [0.15, 0.2) is 18.2 Å². The second-order valence-electron chi connectivity index (χ2n) is 8.36. The van der Waals surface area contributed by atoms with Crippen molar-refractivity contribution in [2.75, 3.05) is 25.0 Å². The fourth-order valence-electron chi connectivity index (χ4n) is 4.50. The number of anilines is 1. The number of likely N-dealkylation sites (tertiary alicyclic amines) is 1. The Kier molecular flexibility index (Phi) is 5.45. The molecule has 3 aliphatic heterocycles. The summed E-state index contributed by atoms with van der Waals surface area (Å²) in [4.78, 5) is 40.3. The molecule has 1 aromatic rings. The van der Waals surface area contributed by atoms with Crippen LogP contribution in [0, 0.1) is 5.92 Å². The second kappa shape index (κ2) is 8.02. The van der Waals surface area contributed by atoms with E-state index >= 15 is 0 Å². The topological polar surface area (TPSA) is 102 Å². The van der Waals surface area contributed by atoms with Gasteiger partial charge in [0.1, 0.15) is 6.23 Å². The number of fused-ring (bicyclic) bond motifs is 1. The zero-order valence-corrected chi connectivity index (χ0v) is 16.7. The second-order valence-corrected chi connectivity index (χ2v) is 8.36. The molecule has 2 saturated heterocycles. The van der Waals surface area contributed by atoms with Crippen LogP contribution < -0.4 is 10.6 Å². The van der Waals surface area contributed by atoms with Gasteiger partial charge >= 0.3 is 0 Å². The number of nitrogens with zero attached hydrogens (tertiary/aromatic N) is 2. The van der Waals surface area contributed by atoms with E-state index in [1.807, 2.05) is 17.0 Å². The SMILES string of the molecule is CC1CCCN(C(=O)CNc2ccc3c(c2)C(=O)N(C2CCC(=O)NC2O)C3)C1. The maximum Gasteiger partial charge on any atom is 0.254 e. The molecule has 0 spiro atoms. The summed E-state index contributed by atoms with van der Waals surface area (Å²) in [6.45, 7) is 4.40. The van der Waals surface area contributed by atoms with Gasteiger partial charge in [0.05, 0.1) is 12.6 Å². The number of nitrogens with one attached hydrogen (secondary N) is 2. The molecule has 0 saturated carbocycles. The molecule has 3 N–H and O–H groups in total. The van der Waals surface area contributed by atoms with Crippen LogP contribution in [0.25, 0.3) is 0 Å². The normalized spacial score (nSPS) is 26.9. The lowest BCUT2D eigenvalue weighted by Gasteiger charge is -2.35. The summed E-state index contributed by atoms with van der Waals surface area (Å²) in [7, 11) is 0. The molecule has 29 heavy (non-hydrogen) atoms. The minimum Gasteiger partial charge on any atom is -0.376 e. The first-order chi connectivity index (χ1) is 13.9. The van der Waals surface area contributed by atoms with Crippen molar-refractivity contribution in [2.45, 2.75) is 51.4 Å². The molecule has 8 heteroatoms. The van der Waals surface area contributed by atoms with E-state index in [4.69, 9.17) is 0 Å². The Balaban J connectivity index is 1.39. The molecule has 0 bridgehead atoms. The van der Waals surface area contributed by atoms with Crippen LogP contribution in [0.2, 0.25) is 0 Å². The smallest absolute Gasteiger partial charge is 0.254 e. The van der Waals surface area contributed by atoms with Crippen LogP contribution in [0.1, 0.15) is 48.5 Å². The lowest BCUT2D eigenvalue weighted by molar-refractivity contribution is -0.131. The van der Waals surface area contributed by atoms with Gasteiger partial charge in [-0.3, -0.25) is 14.4 Å². The van der Waals surface area contributed by atoms with Gasteiger partial charge in [0.25, 0.3) is 5.91 Å². The summed E-state index contributed by atoms with van der Waals surface area (Å²) < 4.78 is 0. The number of hydrogen-bond acceptors (Lipinski definition) is 5. The number of aliphatic hydroxyl groups excluding tert-OH is 1. The molecule has 4 rings (SSSR count). The van der Waals surface area contributed by atoms with Gasteiger partial charge in [-0.05, 0) is 42.9 Å². The van der Waals surface area contributed by atoms with Crippen LogP contribution in [0.4, 0.5) is 5.69 Å². The fourth-order valence-corrected chi connectivity index (χ4v) is 4.50. The molecule has 3 amide bonds. The Bertz CT molecular complexity index is 827. The Morgan fingerprint density at radius 3 is 2.90 bits per heavy atom. The average molecular weight is 400 g/mol. The van der Waals surface area contributed by atoms with E-state index < -0.39 is 12.3 Å². The van der Waals surface area contributed by atoms with Gasteiger partial charge in [0, 0.05) is 37.3 Å². The largest absolute Gasteiger partial charge is 0.376 e. The van der Waals surface area contributed by atoms with Crippen molar-refractivity contribution in [2.24, 2.45) is 5.92 Å². The Morgan fingerprint density at radius 1 is 1.31 bits per heavy atom. The molecule has 0 aliphatic carbocycles. The van der Waals surface area contributed by atoms with Crippen molar-refractivity contribution >= 4 is 23.4 Å². The van der Waals surface area contributed by atoms with Gasteiger partial charge in [-0.2, -0.15) is 0 Å². The summed E-state index contributed by atoms with van der Waals surface area (Å²) in [5.74, 6) is 0.263. The first-order valence-corrected chi connectivity index (χ1v) is 10.4. The maximum absolute atomic E-state index is 12.9. The highest BCUT2D eigenvalue weighted by Crippen LogP contribution is 2.30. The third kappa shape index (κ3) is 4.07. The molecule has 3 atom stereocenters. The monoisotopic (exact) mass is 400 g/mol. The molecule has 3 aliphatic rings. The molecule has 8 nitrogen and oxygen atoms in total. The number of carbonyl (C=O) groups is 3. The molecule has 156 valence electrons. The van der Waals surface area contributed by atoms with Crippen LogP contribution in [0.3, 0.4) is 0 Å². The van der Waals surface area contributed by atoms with E-state index in [1.54, 1.807) is 11.0 Å². The van der Waals surface area contributed by atoms with Gasteiger partial charge in [0.2, 0.25) is 11.8 Å². The van der Waals surface area contributed by atoms with E-state index in [1.165, 1.54) is 6.42 Å². The van der Waals surface area contributed by atoms with Crippen LogP contribution in [0.5, 0.6) is 0 Å². The zero-order valence-electron chi connectivity index (χ0n) is 16.7. The van der Waals surface area contributed by atoms with E-state index in [2.05, 4.69) is 17.6 Å². The molecular weight excluding hydrogens is 372 g/mol. The number of carbonyl (C=O) groups excluding carboxylic acids is 3. The number of rotatable bonds is 4. The van der Waals surface area contributed by atoms with Crippen molar-refractivity contribution in [1.82, 2.24) is 15.1 Å². The van der Waals surface area contributed by atoms with Crippen molar-refractivity contribution in [3.05, 3.63) is 29.3 Å². The maximum atomic E-state index is 12.9. The predicted octanol–water partition coefficient (Wildman–Crippen LogP) is 0.910. The molecule has 1 aromatic carbocycles. The van der Waals surface area contributed by atoms with Gasteiger partial charge in [0.15, 0.2) is 0 Å². The average Bonchev–Trinajstić information content (AvgIpc) is 3.02. The highest BCUT2D eigenvalue weighted by atomic mass is 16.3. The van der Waals surface area contributed by atoms with Gasteiger partial charge in [-0.25, -0.2) is 0 Å². The first kappa shape index (κ1) is 19.7. The molecule has 2 fully saturated rings. The lowest BCUT2D eigenvalue weighted by Crippen LogP contribution is -2.55. The Morgan fingerprint density at radius 2 is 2.14 bits per heavy atom. The summed E-state index contributed by atoms with van der Waals surface area (Å²) in [5, 5.41) is 15.8. The van der Waals surface area contributed by atoms with Crippen molar-refractivity contribution < 1.29 is 19.5 Å².